The van der Waals surface area contributed by atoms with Crippen LogP contribution in [-0.4, -0.2) is 0 Å². The third-order valence-electron chi connectivity index (χ3n) is 9.88. The molecule has 0 saturated carbocycles. The van der Waals surface area contributed by atoms with Gasteiger partial charge >= 0.3 is 0 Å². The lowest BCUT2D eigenvalue weighted by Gasteiger charge is -2.13. The van der Waals surface area contributed by atoms with Crippen molar-refractivity contribution in [2.24, 2.45) is 0 Å². The Morgan fingerprint density at radius 1 is 0.320 bits per heavy atom. The number of hydrogen-bond acceptors (Lipinski definition) is 2. The number of nitrogen functional groups attached to an aromatic ring is 2. The summed E-state index contributed by atoms with van der Waals surface area (Å²) in [4.78, 5) is 0. The first-order valence-corrected chi connectivity index (χ1v) is 18.5. The Kier molecular flexibility index (Phi) is 12.2. The summed E-state index contributed by atoms with van der Waals surface area (Å²) < 4.78 is 0. The van der Waals surface area contributed by atoms with Crippen LogP contribution in [0.2, 0.25) is 0 Å². The summed E-state index contributed by atoms with van der Waals surface area (Å²) >= 11 is 0. The van der Waals surface area contributed by atoms with E-state index in [2.05, 4.69) is 122 Å². The van der Waals surface area contributed by atoms with E-state index >= 15 is 0 Å². The van der Waals surface area contributed by atoms with Gasteiger partial charge in [0.25, 0.3) is 0 Å². The van der Waals surface area contributed by atoms with Crippen molar-refractivity contribution in [1.82, 2.24) is 0 Å². The highest BCUT2D eigenvalue weighted by molar-refractivity contribution is 5.44. The van der Waals surface area contributed by atoms with E-state index in [-0.39, 0.29) is 0 Å². The Morgan fingerprint density at radius 2 is 0.640 bits per heavy atom. The fourth-order valence-corrected chi connectivity index (χ4v) is 6.87. The summed E-state index contributed by atoms with van der Waals surface area (Å²) in [5, 5.41) is 0. The Bertz CT molecular complexity index is 1900. The second-order valence-electron chi connectivity index (χ2n) is 14.1. The minimum Gasteiger partial charge on any atom is -0.399 e. The van der Waals surface area contributed by atoms with Crippen molar-refractivity contribution in [1.29, 1.82) is 0 Å². The van der Waals surface area contributed by atoms with Crippen molar-refractivity contribution in [2.45, 2.75) is 77.6 Å². The van der Waals surface area contributed by atoms with Crippen molar-refractivity contribution in [3.05, 3.63) is 201 Å². The first-order chi connectivity index (χ1) is 24.5. The molecular weight excluding hydrogens is 605 g/mol. The molecule has 6 rings (SSSR count). The highest BCUT2D eigenvalue weighted by atomic mass is 14.5. The molecule has 0 aromatic heterocycles. The van der Waals surface area contributed by atoms with Crippen LogP contribution >= 0.6 is 0 Å². The van der Waals surface area contributed by atoms with Crippen molar-refractivity contribution in [2.75, 3.05) is 11.5 Å². The van der Waals surface area contributed by atoms with E-state index in [4.69, 9.17) is 11.5 Å². The lowest BCUT2D eigenvalue weighted by molar-refractivity contribution is 0.631. The molecule has 254 valence electrons. The first-order valence-electron chi connectivity index (χ1n) is 18.5. The maximum Gasteiger partial charge on any atom is 0.0314 e. The highest BCUT2D eigenvalue weighted by Crippen LogP contribution is 2.23. The summed E-state index contributed by atoms with van der Waals surface area (Å²) in [5.74, 6) is 0. The van der Waals surface area contributed by atoms with Crippen LogP contribution < -0.4 is 11.5 Å². The van der Waals surface area contributed by atoms with Gasteiger partial charge in [-0.2, -0.15) is 0 Å². The predicted octanol–water partition coefficient (Wildman–Crippen LogP) is 11.3. The van der Waals surface area contributed by atoms with E-state index in [9.17, 15) is 0 Å². The van der Waals surface area contributed by atoms with Gasteiger partial charge in [0, 0.05) is 11.4 Å². The van der Waals surface area contributed by atoms with Crippen molar-refractivity contribution < 1.29 is 0 Å². The summed E-state index contributed by atoms with van der Waals surface area (Å²) in [7, 11) is 0. The van der Waals surface area contributed by atoms with Gasteiger partial charge in [-0.1, -0.05) is 148 Å². The van der Waals surface area contributed by atoms with Gasteiger partial charge in [-0.25, -0.2) is 0 Å². The van der Waals surface area contributed by atoms with E-state index < -0.39 is 0 Å². The smallest absolute Gasteiger partial charge is 0.0314 e. The average molecular weight is 657 g/mol. The van der Waals surface area contributed by atoms with E-state index in [1.165, 1.54) is 93.3 Å². The topological polar surface area (TPSA) is 52.0 Å². The normalized spacial score (nSPS) is 11.1. The van der Waals surface area contributed by atoms with Crippen LogP contribution in [-0.2, 0) is 38.5 Å². The van der Waals surface area contributed by atoms with Gasteiger partial charge in [0.05, 0.1) is 0 Å². The molecule has 0 amide bonds. The predicted molar refractivity (Wildman–Crippen MR) is 214 cm³/mol. The van der Waals surface area contributed by atoms with E-state index in [0.717, 1.165) is 49.9 Å². The molecule has 0 spiro atoms. The maximum absolute atomic E-state index is 5.92. The van der Waals surface area contributed by atoms with Crippen LogP contribution in [0.1, 0.15) is 100 Å². The summed E-state index contributed by atoms with van der Waals surface area (Å²) in [5.41, 5.74) is 28.4. The maximum atomic E-state index is 5.92. The first kappa shape index (κ1) is 34.8. The molecular formula is C48H52N2. The van der Waals surface area contributed by atoms with Crippen LogP contribution in [0.5, 0.6) is 0 Å². The van der Waals surface area contributed by atoms with E-state index in [1.54, 1.807) is 0 Å². The molecule has 0 fully saturated rings. The summed E-state index contributed by atoms with van der Waals surface area (Å²) in [6.07, 6.45) is 12.4. The van der Waals surface area contributed by atoms with Gasteiger partial charge in [0.1, 0.15) is 0 Å². The molecule has 0 bridgehead atoms. The molecule has 0 saturated heterocycles. The van der Waals surface area contributed by atoms with E-state index in [0.29, 0.717) is 0 Å². The zero-order valence-corrected chi connectivity index (χ0v) is 29.7. The van der Waals surface area contributed by atoms with Crippen LogP contribution in [0.15, 0.2) is 140 Å². The summed E-state index contributed by atoms with van der Waals surface area (Å²) in [6.45, 7) is 2.28. The Balaban J connectivity index is 1.04. The molecule has 2 nitrogen and oxygen atoms in total. The second kappa shape index (κ2) is 17.5. The van der Waals surface area contributed by atoms with Gasteiger partial charge in [0.15, 0.2) is 0 Å². The molecule has 50 heavy (non-hydrogen) atoms. The van der Waals surface area contributed by atoms with Crippen LogP contribution in [0.25, 0.3) is 0 Å². The third kappa shape index (κ3) is 10.5. The molecule has 0 aliphatic rings. The van der Waals surface area contributed by atoms with Crippen molar-refractivity contribution in [3.63, 3.8) is 0 Å². The van der Waals surface area contributed by atoms with Crippen molar-refractivity contribution in [3.8, 4) is 0 Å². The monoisotopic (exact) mass is 656 g/mol. The van der Waals surface area contributed by atoms with Crippen LogP contribution in [0, 0.1) is 0 Å². The largest absolute Gasteiger partial charge is 0.399 e. The third-order valence-corrected chi connectivity index (χ3v) is 9.88. The fourth-order valence-electron chi connectivity index (χ4n) is 6.87. The zero-order chi connectivity index (χ0) is 34.5. The SMILES string of the molecule is CCCCCCCc1cc(Cc2ccc(N)cc2)ccc1Cc1ccc(Cc2ccc(Cc3ccc(Cc4ccc(N)cc4)cc3)cc2)cc1. The summed E-state index contributed by atoms with van der Waals surface area (Å²) in [6, 6.07) is 51.1. The fraction of sp³-hybridized carbons (Fsp3) is 0.250. The molecule has 6 aromatic rings. The number of hydrogen-bond donors (Lipinski definition) is 2. The zero-order valence-electron chi connectivity index (χ0n) is 29.7. The van der Waals surface area contributed by atoms with Gasteiger partial charge in [-0.3, -0.25) is 0 Å². The number of unbranched alkanes of at least 4 members (excludes halogenated alkanes) is 4. The quantitative estimate of drug-likeness (QED) is 0.0804. The Labute approximate surface area is 300 Å². The van der Waals surface area contributed by atoms with Gasteiger partial charge in [-0.15, -0.1) is 0 Å². The molecule has 0 heterocycles. The molecule has 4 N–H and O–H groups in total. The number of anilines is 2. The standard InChI is InChI=1S/C48H52N2/c1-2-3-4-5-6-7-45-35-44(33-42-23-28-48(50)29-24-42)20-25-46(45)34-43-18-16-40(17-19-43)31-38-10-8-36(9-11-38)30-37-12-14-39(15-13-37)32-41-21-26-47(49)27-22-41/h8-29,35H,2-7,30-34,49-50H2,1H3. The molecule has 0 aliphatic carbocycles. The molecule has 0 aliphatic heterocycles. The number of benzene rings is 6. The lowest BCUT2D eigenvalue weighted by Crippen LogP contribution is -2.00. The minimum absolute atomic E-state index is 0.810. The number of rotatable bonds is 16. The molecule has 6 aromatic carbocycles. The minimum atomic E-state index is 0.810. The lowest BCUT2D eigenvalue weighted by atomic mass is 9.92. The Hall–Kier alpha value is -5.08. The number of nitrogens with two attached hydrogens (primary N) is 2. The van der Waals surface area contributed by atoms with E-state index in [1.807, 2.05) is 24.3 Å². The Morgan fingerprint density at radius 3 is 1.04 bits per heavy atom. The van der Waals surface area contributed by atoms with Gasteiger partial charge in [-0.05, 0) is 130 Å². The van der Waals surface area contributed by atoms with Crippen LogP contribution in [0.3, 0.4) is 0 Å². The molecule has 0 atom stereocenters. The molecule has 0 radical (unpaired) electrons. The van der Waals surface area contributed by atoms with Crippen LogP contribution in [0.4, 0.5) is 11.4 Å². The second-order valence-corrected chi connectivity index (χ2v) is 14.1. The molecule has 0 unspecified atom stereocenters. The van der Waals surface area contributed by atoms with Crippen molar-refractivity contribution >= 4 is 11.4 Å². The highest BCUT2D eigenvalue weighted by Gasteiger charge is 2.08. The average Bonchev–Trinajstić information content (AvgIpc) is 3.13. The van der Waals surface area contributed by atoms with Gasteiger partial charge in [0.2, 0.25) is 0 Å². The van der Waals surface area contributed by atoms with Gasteiger partial charge < -0.3 is 11.5 Å². The number of aryl methyl sites for hydroxylation is 1. The molecule has 2 heteroatoms.